The fourth-order valence-corrected chi connectivity index (χ4v) is 6.75. The molecule has 0 fully saturated rings. The van der Waals surface area contributed by atoms with Crippen molar-refractivity contribution < 1.29 is 9.59 Å². The van der Waals surface area contributed by atoms with Crippen molar-refractivity contribution in [3.63, 3.8) is 0 Å². The zero-order valence-electron chi connectivity index (χ0n) is 25.2. The Hall–Kier alpha value is -2.62. The average Bonchev–Trinajstić information content (AvgIpc) is 2.98. The molecule has 2 atom stereocenters. The molecule has 0 N–H and O–H groups in total. The van der Waals surface area contributed by atoms with Crippen LogP contribution in [0.2, 0.25) is 0 Å². The van der Waals surface area contributed by atoms with E-state index in [0.29, 0.717) is 0 Å². The number of hydrogen-bond donors (Lipinski definition) is 0. The lowest BCUT2D eigenvalue weighted by molar-refractivity contribution is 0.0840. The molecule has 4 nitrogen and oxygen atoms in total. The molecule has 2 aromatic carbocycles. The highest BCUT2D eigenvalue weighted by molar-refractivity contribution is 6.19. The van der Waals surface area contributed by atoms with E-state index in [2.05, 4.69) is 23.6 Å². The van der Waals surface area contributed by atoms with Crippen LogP contribution in [0.3, 0.4) is 0 Å². The predicted octanol–water partition coefficient (Wildman–Crippen LogP) is 9.41. The summed E-state index contributed by atoms with van der Waals surface area (Å²) in [5.41, 5.74) is 3.43. The standard InChI is InChI=1S/C36H52N2O2/c1-3-5-7-9-11-13-15-21-27-37-31-25-19-17-23-29(31)36(40)34-33(37)35(39)30-24-18-20-26-32(30)38(34)28-22-16-14-12-10-8-6-4-2/h17-20,23-26,33-34H,3-16,21-22,27-28H2,1-2H3. The summed E-state index contributed by atoms with van der Waals surface area (Å²) in [4.78, 5) is 32.7. The van der Waals surface area contributed by atoms with Gasteiger partial charge in [-0.15, -0.1) is 0 Å². The minimum atomic E-state index is -0.448. The first kappa shape index (κ1) is 30.3. The van der Waals surface area contributed by atoms with E-state index >= 15 is 0 Å². The van der Waals surface area contributed by atoms with Gasteiger partial charge in [0, 0.05) is 35.6 Å². The fourth-order valence-electron chi connectivity index (χ4n) is 6.75. The summed E-state index contributed by atoms with van der Waals surface area (Å²) >= 11 is 0. The lowest BCUT2D eigenvalue weighted by Crippen LogP contribution is -2.65. The molecule has 0 aliphatic carbocycles. The third kappa shape index (κ3) is 7.36. The van der Waals surface area contributed by atoms with Crippen LogP contribution in [0, 0.1) is 0 Å². The molecule has 218 valence electrons. The minimum absolute atomic E-state index is 0.107. The van der Waals surface area contributed by atoms with E-state index < -0.39 is 12.1 Å². The van der Waals surface area contributed by atoms with Crippen molar-refractivity contribution >= 4 is 22.9 Å². The summed E-state index contributed by atoms with van der Waals surface area (Å²) in [6.45, 7) is 6.16. The Morgan fingerprint density at radius 2 is 0.800 bits per heavy atom. The predicted molar refractivity (Wildman–Crippen MR) is 169 cm³/mol. The number of fused-ring (bicyclic) bond motifs is 3. The van der Waals surface area contributed by atoms with Crippen LogP contribution < -0.4 is 9.80 Å². The third-order valence-corrected chi connectivity index (χ3v) is 8.97. The summed E-state index contributed by atoms with van der Waals surface area (Å²) < 4.78 is 0. The Labute approximate surface area is 243 Å². The Kier molecular flexibility index (Phi) is 12.1. The van der Waals surface area contributed by atoms with Gasteiger partial charge in [0.2, 0.25) is 0 Å². The number of rotatable bonds is 18. The Balaban J connectivity index is 1.49. The normalized spacial score (nSPS) is 18.1. The first-order valence-electron chi connectivity index (χ1n) is 16.5. The van der Waals surface area contributed by atoms with Gasteiger partial charge in [-0.1, -0.05) is 128 Å². The van der Waals surface area contributed by atoms with E-state index in [4.69, 9.17) is 0 Å². The first-order chi connectivity index (χ1) is 19.7. The van der Waals surface area contributed by atoms with E-state index in [1.165, 1.54) is 89.9 Å². The van der Waals surface area contributed by atoms with Gasteiger partial charge in [0.05, 0.1) is 0 Å². The molecule has 2 aliphatic rings. The highest BCUT2D eigenvalue weighted by Gasteiger charge is 2.50. The molecule has 0 bridgehead atoms. The number of unbranched alkanes of at least 4 members (excludes halogenated alkanes) is 14. The Morgan fingerprint density at radius 3 is 1.18 bits per heavy atom. The van der Waals surface area contributed by atoms with Crippen LogP contribution in [0.4, 0.5) is 11.4 Å². The number of carbonyl (C=O) groups excluding carboxylic acids is 2. The van der Waals surface area contributed by atoms with Crippen LogP contribution in [0.15, 0.2) is 48.5 Å². The maximum absolute atomic E-state index is 14.1. The molecule has 2 aliphatic heterocycles. The van der Waals surface area contributed by atoms with Crippen LogP contribution in [0.1, 0.15) is 137 Å². The number of benzene rings is 2. The number of carbonyl (C=O) groups is 2. The number of para-hydroxylation sites is 2. The van der Waals surface area contributed by atoms with Gasteiger partial charge in [0.25, 0.3) is 0 Å². The second-order valence-electron chi connectivity index (χ2n) is 12.0. The van der Waals surface area contributed by atoms with Crippen molar-refractivity contribution in [2.75, 3.05) is 22.9 Å². The van der Waals surface area contributed by atoms with Crippen molar-refractivity contribution in [2.45, 2.75) is 129 Å². The highest BCUT2D eigenvalue weighted by atomic mass is 16.1. The van der Waals surface area contributed by atoms with Crippen molar-refractivity contribution in [3.8, 4) is 0 Å². The molecular weight excluding hydrogens is 492 g/mol. The summed E-state index contributed by atoms with van der Waals surface area (Å²) in [5.74, 6) is 0.213. The van der Waals surface area contributed by atoms with E-state index in [9.17, 15) is 9.59 Å². The third-order valence-electron chi connectivity index (χ3n) is 8.97. The van der Waals surface area contributed by atoms with Crippen LogP contribution in [-0.2, 0) is 0 Å². The molecule has 2 heterocycles. The fraction of sp³-hybridized carbons (Fsp3) is 0.611. The quantitative estimate of drug-likeness (QED) is 0.175. The molecule has 0 amide bonds. The van der Waals surface area contributed by atoms with E-state index in [1.807, 2.05) is 48.5 Å². The van der Waals surface area contributed by atoms with Gasteiger partial charge in [0.1, 0.15) is 12.1 Å². The Morgan fingerprint density at radius 1 is 0.475 bits per heavy atom. The molecule has 2 aromatic rings. The topological polar surface area (TPSA) is 40.6 Å². The minimum Gasteiger partial charge on any atom is -0.358 e. The van der Waals surface area contributed by atoms with E-state index in [-0.39, 0.29) is 11.6 Å². The molecule has 2 unspecified atom stereocenters. The number of anilines is 2. The number of hydrogen-bond acceptors (Lipinski definition) is 4. The second-order valence-corrected chi connectivity index (χ2v) is 12.0. The Bertz CT molecular complexity index is 994. The van der Waals surface area contributed by atoms with E-state index in [1.54, 1.807) is 0 Å². The second kappa shape index (κ2) is 16.0. The molecule has 0 radical (unpaired) electrons. The first-order valence-corrected chi connectivity index (χ1v) is 16.5. The van der Waals surface area contributed by atoms with Crippen molar-refractivity contribution in [1.82, 2.24) is 0 Å². The maximum atomic E-state index is 14.1. The number of nitrogens with zero attached hydrogens (tertiary/aromatic N) is 2. The molecular formula is C36H52N2O2. The lowest BCUT2D eigenvalue weighted by atomic mass is 9.80. The van der Waals surface area contributed by atoms with Crippen LogP contribution in [0.5, 0.6) is 0 Å². The average molecular weight is 545 g/mol. The highest BCUT2D eigenvalue weighted by Crippen LogP contribution is 2.41. The van der Waals surface area contributed by atoms with E-state index in [0.717, 1.165) is 48.4 Å². The van der Waals surface area contributed by atoms with Gasteiger partial charge in [0.15, 0.2) is 11.6 Å². The zero-order chi connectivity index (χ0) is 28.2. The zero-order valence-corrected chi connectivity index (χ0v) is 25.2. The van der Waals surface area contributed by atoms with Gasteiger partial charge < -0.3 is 9.80 Å². The van der Waals surface area contributed by atoms with Gasteiger partial charge in [-0.25, -0.2) is 0 Å². The maximum Gasteiger partial charge on any atom is 0.189 e. The summed E-state index contributed by atoms with van der Waals surface area (Å²) in [5, 5.41) is 0. The molecule has 40 heavy (non-hydrogen) atoms. The summed E-state index contributed by atoms with van der Waals surface area (Å²) in [6, 6.07) is 15.1. The summed E-state index contributed by atoms with van der Waals surface area (Å²) in [7, 11) is 0. The summed E-state index contributed by atoms with van der Waals surface area (Å²) in [6.07, 6.45) is 20.1. The smallest absolute Gasteiger partial charge is 0.189 e. The SMILES string of the molecule is CCCCCCCCCCN1c2ccccc2C(=O)C2C1C(=O)c1ccccc1N2CCCCCCCCCC. The molecule has 4 heteroatoms. The van der Waals surface area contributed by atoms with Crippen molar-refractivity contribution in [2.24, 2.45) is 0 Å². The molecule has 0 aromatic heterocycles. The molecule has 4 rings (SSSR count). The van der Waals surface area contributed by atoms with Gasteiger partial charge >= 0.3 is 0 Å². The van der Waals surface area contributed by atoms with Gasteiger partial charge in [-0.3, -0.25) is 9.59 Å². The van der Waals surface area contributed by atoms with Crippen LogP contribution >= 0.6 is 0 Å². The van der Waals surface area contributed by atoms with Gasteiger partial charge in [-0.2, -0.15) is 0 Å². The van der Waals surface area contributed by atoms with Crippen molar-refractivity contribution in [3.05, 3.63) is 59.7 Å². The van der Waals surface area contributed by atoms with Gasteiger partial charge in [-0.05, 0) is 37.1 Å². The molecule has 0 saturated carbocycles. The number of Topliss-reactive ketones (excluding diaryl/α,β-unsaturated/α-hetero) is 2. The number of ketones is 2. The monoisotopic (exact) mass is 544 g/mol. The largest absolute Gasteiger partial charge is 0.358 e. The molecule has 0 saturated heterocycles. The molecule has 0 spiro atoms. The van der Waals surface area contributed by atoms with Crippen molar-refractivity contribution in [1.29, 1.82) is 0 Å². The van der Waals surface area contributed by atoms with Crippen LogP contribution in [0.25, 0.3) is 0 Å². The van der Waals surface area contributed by atoms with Crippen LogP contribution in [-0.4, -0.2) is 36.7 Å². The lowest BCUT2D eigenvalue weighted by Gasteiger charge is -2.50.